The SMILES string of the molecule is CC1(C)c2ccccc2-c2ccc(C(Cc3ccccc3-c3cc(-c4ccccc4)ccc3-c3ccccc3)c3ccc4c(c3)C(C)(C)c3ccccc3-4)cc21. The molecule has 2 aliphatic rings. The monoisotopic (exact) mass is 718 g/mol. The molecule has 56 heavy (non-hydrogen) atoms. The molecule has 0 saturated carbocycles. The minimum Gasteiger partial charge on any atom is -0.0622 e. The summed E-state index contributed by atoms with van der Waals surface area (Å²) in [5, 5.41) is 0. The third-order valence-corrected chi connectivity index (χ3v) is 13.0. The lowest BCUT2D eigenvalue weighted by molar-refractivity contribution is 0.654. The zero-order valence-electron chi connectivity index (χ0n) is 32.7. The highest BCUT2D eigenvalue weighted by Gasteiger charge is 2.38. The van der Waals surface area contributed by atoms with Crippen molar-refractivity contribution < 1.29 is 0 Å². The Kier molecular flexibility index (Phi) is 8.08. The van der Waals surface area contributed by atoms with E-state index >= 15 is 0 Å². The maximum Gasteiger partial charge on any atom is 0.0158 e. The fourth-order valence-corrected chi connectivity index (χ4v) is 9.93. The normalized spacial score (nSPS) is 14.2. The van der Waals surface area contributed by atoms with E-state index in [1.807, 2.05) is 0 Å². The number of rotatable bonds is 7. The number of hydrogen-bond acceptors (Lipinski definition) is 0. The van der Waals surface area contributed by atoms with Gasteiger partial charge >= 0.3 is 0 Å². The zero-order valence-corrected chi connectivity index (χ0v) is 32.7. The lowest BCUT2D eigenvalue weighted by Crippen LogP contribution is -2.17. The highest BCUT2D eigenvalue weighted by atomic mass is 14.4. The van der Waals surface area contributed by atoms with Crippen LogP contribution in [0.25, 0.3) is 55.6 Å². The summed E-state index contributed by atoms with van der Waals surface area (Å²) in [6, 6.07) is 70.5. The Morgan fingerprint density at radius 3 is 1.34 bits per heavy atom. The molecule has 0 heterocycles. The summed E-state index contributed by atoms with van der Waals surface area (Å²) in [4.78, 5) is 0. The highest BCUT2D eigenvalue weighted by Crippen LogP contribution is 2.52. The van der Waals surface area contributed by atoms with Gasteiger partial charge in [0, 0.05) is 16.7 Å². The minimum absolute atomic E-state index is 0.0750. The molecule has 0 saturated heterocycles. The van der Waals surface area contributed by atoms with Crippen molar-refractivity contribution in [2.24, 2.45) is 0 Å². The van der Waals surface area contributed by atoms with Gasteiger partial charge in [-0.3, -0.25) is 0 Å². The molecule has 0 aromatic heterocycles. The molecule has 0 amide bonds. The van der Waals surface area contributed by atoms with Gasteiger partial charge in [0.1, 0.15) is 0 Å². The van der Waals surface area contributed by atoms with E-state index in [1.54, 1.807) is 0 Å². The second kappa shape index (κ2) is 13.2. The van der Waals surface area contributed by atoms with Crippen LogP contribution < -0.4 is 0 Å². The quantitative estimate of drug-likeness (QED) is 0.154. The van der Waals surface area contributed by atoms with Crippen LogP contribution in [0.4, 0.5) is 0 Å². The Morgan fingerprint density at radius 1 is 0.321 bits per heavy atom. The third-order valence-electron chi connectivity index (χ3n) is 13.0. The van der Waals surface area contributed by atoms with Crippen LogP contribution >= 0.6 is 0 Å². The number of fused-ring (bicyclic) bond motifs is 6. The summed E-state index contributed by atoms with van der Waals surface area (Å²) >= 11 is 0. The molecule has 0 atom stereocenters. The van der Waals surface area contributed by atoms with Crippen LogP contribution in [-0.4, -0.2) is 0 Å². The van der Waals surface area contributed by atoms with Crippen LogP contribution in [0.1, 0.15) is 72.6 Å². The average Bonchev–Trinajstić information content (AvgIpc) is 3.62. The molecule has 10 rings (SSSR count). The first kappa shape index (κ1) is 34.3. The van der Waals surface area contributed by atoms with E-state index in [1.165, 1.54) is 94.6 Å². The van der Waals surface area contributed by atoms with Gasteiger partial charge in [0.05, 0.1) is 0 Å². The molecule has 0 radical (unpaired) electrons. The summed E-state index contributed by atoms with van der Waals surface area (Å²) in [6.45, 7) is 9.58. The Balaban J connectivity index is 1.15. The van der Waals surface area contributed by atoms with E-state index in [9.17, 15) is 0 Å². The largest absolute Gasteiger partial charge is 0.0622 e. The van der Waals surface area contributed by atoms with Gasteiger partial charge in [-0.25, -0.2) is 0 Å². The standard InChI is InChI=1S/C56H46/c1-55(2)51-25-15-13-23-45(51)47-31-28-41(35-53(47)55)49(42-29-32-48-46-24-14-16-26-52(46)56(3,4)54(48)36-42)34-40-21-11-12-22-43(40)50-33-39(37-17-7-5-8-18-37)27-30-44(50)38-19-9-6-10-20-38/h5-33,35-36,49H,34H2,1-4H3. The van der Waals surface area contributed by atoms with Crippen molar-refractivity contribution in [2.45, 2.75) is 50.9 Å². The van der Waals surface area contributed by atoms with E-state index < -0.39 is 0 Å². The summed E-state index contributed by atoms with van der Waals surface area (Å²) in [5.41, 5.74) is 22.6. The molecule has 0 spiro atoms. The van der Waals surface area contributed by atoms with E-state index in [-0.39, 0.29) is 16.7 Å². The van der Waals surface area contributed by atoms with E-state index in [0.717, 1.165) is 6.42 Å². The third kappa shape index (κ3) is 5.50. The topological polar surface area (TPSA) is 0 Å². The molecule has 0 fully saturated rings. The molecule has 8 aromatic rings. The van der Waals surface area contributed by atoms with E-state index in [4.69, 9.17) is 0 Å². The van der Waals surface area contributed by atoms with E-state index in [2.05, 4.69) is 216 Å². The van der Waals surface area contributed by atoms with E-state index in [0.29, 0.717) is 0 Å². The van der Waals surface area contributed by atoms with Gasteiger partial charge in [0.25, 0.3) is 0 Å². The van der Waals surface area contributed by atoms with Gasteiger partial charge in [-0.2, -0.15) is 0 Å². The fourth-order valence-electron chi connectivity index (χ4n) is 9.93. The Bertz CT molecular complexity index is 2660. The molecular weight excluding hydrogens is 673 g/mol. The van der Waals surface area contributed by atoms with Crippen LogP contribution in [0, 0.1) is 0 Å². The molecule has 2 aliphatic carbocycles. The molecule has 0 N–H and O–H groups in total. The predicted octanol–water partition coefficient (Wildman–Crippen LogP) is 14.7. The number of hydrogen-bond donors (Lipinski definition) is 0. The second-order valence-electron chi connectivity index (χ2n) is 16.9. The van der Waals surface area contributed by atoms with Crippen molar-refractivity contribution in [3.63, 3.8) is 0 Å². The Morgan fingerprint density at radius 2 is 0.768 bits per heavy atom. The summed E-state index contributed by atoms with van der Waals surface area (Å²) in [5.74, 6) is 0.142. The van der Waals surface area contributed by atoms with Crippen molar-refractivity contribution >= 4 is 0 Å². The first-order valence-corrected chi connectivity index (χ1v) is 20.1. The fraction of sp³-hybridized carbons (Fsp3) is 0.143. The lowest BCUT2D eigenvalue weighted by Gasteiger charge is -2.27. The highest BCUT2D eigenvalue weighted by molar-refractivity contribution is 5.89. The van der Waals surface area contributed by atoms with Crippen molar-refractivity contribution in [1.82, 2.24) is 0 Å². The summed E-state index contributed by atoms with van der Waals surface area (Å²) in [7, 11) is 0. The van der Waals surface area contributed by atoms with Crippen LogP contribution in [-0.2, 0) is 17.3 Å². The van der Waals surface area contributed by atoms with Crippen LogP contribution in [0.2, 0.25) is 0 Å². The van der Waals surface area contributed by atoms with Crippen LogP contribution in [0.5, 0.6) is 0 Å². The van der Waals surface area contributed by atoms with Crippen molar-refractivity contribution in [3.05, 3.63) is 227 Å². The molecule has 8 aromatic carbocycles. The molecule has 0 unspecified atom stereocenters. The van der Waals surface area contributed by atoms with Crippen molar-refractivity contribution in [1.29, 1.82) is 0 Å². The molecule has 0 heteroatoms. The predicted molar refractivity (Wildman–Crippen MR) is 236 cm³/mol. The average molecular weight is 719 g/mol. The molecule has 0 bridgehead atoms. The Hall–Kier alpha value is -6.24. The molecule has 270 valence electrons. The van der Waals surface area contributed by atoms with Crippen LogP contribution in [0.3, 0.4) is 0 Å². The Labute approximate surface area is 332 Å². The minimum atomic E-state index is -0.0750. The van der Waals surface area contributed by atoms with Crippen molar-refractivity contribution in [3.8, 4) is 55.6 Å². The molecular formula is C56H46. The second-order valence-corrected chi connectivity index (χ2v) is 16.9. The smallest absolute Gasteiger partial charge is 0.0158 e. The van der Waals surface area contributed by atoms with Gasteiger partial charge in [-0.1, -0.05) is 210 Å². The summed E-state index contributed by atoms with van der Waals surface area (Å²) in [6.07, 6.45) is 0.873. The maximum absolute atomic E-state index is 2.54. The number of benzene rings is 8. The lowest BCUT2D eigenvalue weighted by atomic mass is 9.77. The zero-order chi connectivity index (χ0) is 38.0. The van der Waals surface area contributed by atoms with Crippen molar-refractivity contribution in [2.75, 3.05) is 0 Å². The molecule has 0 nitrogen and oxygen atoms in total. The van der Waals surface area contributed by atoms with Crippen LogP contribution in [0.15, 0.2) is 188 Å². The van der Waals surface area contributed by atoms with Gasteiger partial charge in [-0.05, 0) is 107 Å². The van der Waals surface area contributed by atoms with Gasteiger partial charge in [-0.15, -0.1) is 0 Å². The van der Waals surface area contributed by atoms with Gasteiger partial charge in [0.2, 0.25) is 0 Å². The first-order valence-electron chi connectivity index (χ1n) is 20.1. The first-order chi connectivity index (χ1) is 27.3. The van der Waals surface area contributed by atoms with Gasteiger partial charge < -0.3 is 0 Å². The van der Waals surface area contributed by atoms with Gasteiger partial charge in [0.15, 0.2) is 0 Å². The summed E-state index contributed by atoms with van der Waals surface area (Å²) < 4.78 is 0. The molecule has 0 aliphatic heterocycles. The maximum atomic E-state index is 2.54.